The summed E-state index contributed by atoms with van der Waals surface area (Å²) in [5, 5.41) is 9.72. The predicted octanol–water partition coefficient (Wildman–Crippen LogP) is 0.528. The molecule has 0 bridgehead atoms. The van der Waals surface area contributed by atoms with Crippen LogP contribution in [0, 0.1) is 0 Å². The molecular weight excluding hydrogens is 280 g/mol. The van der Waals surface area contributed by atoms with E-state index in [2.05, 4.69) is 0 Å². The molecule has 0 radical (unpaired) electrons. The number of carbonyl (C=O) groups is 1. The van der Waals surface area contributed by atoms with E-state index >= 15 is 0 Å². The van der Waals surface area contributed by atoms with E-state index in [1.807, 2.05) is 0 Å². The molecule has 1 fully saturated rings. The summed E-state index contributed by atoms with van der Waals surface area (Å²) in [4.78, 5) is 14.2. The Morgan fingerprint density at radius 2 is 2.35 bits per heavy atom. The van der Waals surface area contributed by atoms with Gasteiger partial charge in [0.2, 0.25) is 0 Å². The quantitative estimate of drug-likeness (QED) is 0.791. The molecule has 1 heterocycles. The third kappa shape index (κ3) is 3.00. The van der Waals surface area contributed by atoms with Crippen molar-refractivity contribution in [1.29, 1.82) is 0 Å². The number of ether oxygens (including phenoxy) is 2. The Hall–Kier alpha value is -1.86. The van der Waals surface area contributed by atoms with Crippen LogP contribution in [0.4, 0.5) is 0 Å². The van der Waals surface area contributed by atoms with Gasteiger partial charge in [-0.25, -0.2) is 0 Å². The zero-order valence-electron chi connectivity index (χ0n) is 11.0. The number of methoxy groups -OCH3 is 1. The third-order valence-electron chi connectivity index (χ3n) is 3.10. The smallest absolute Gasteiger partial charge is 0.254 e. The Morgan fingerprint density at radius 1 is 1.60 bits per heavy atom. The average molecular weight is 296 g/mol. The fourth-order valence-electron chi connectivity index (χ4n) is 2.01. The maximum absolute atomic E-state index is 12.4. The number of nitrogens with two attached hydrogens (primary N) is 1. The minimum Gasteiger partial charge on any atom is -0.504 e. The lowest BCUT2D eigenvalue weighted by molar-refractivity contribution is 0.00877. The fraction of sp³-hybridized carbons (Fsp3) is 0.385. The number of phenols is 1. The third-order valence-corrected chi connectivity index (χ3v) is 3.36. The van der Waals surface area contributed by atoms with E-state index in [4.69, 9.17) is 27.4 Å². The highest BCUT2D eigenvalue weighted by molar-refractivity contribution is 7.80. The van der Waals surface area contributed by atoms with Crippen molar-refractivity contribution in [3.05, 3.63) is 23.8 Å². The number of phenolic OH excluding ortho intramolecular Hbond substituents is 1. The SMILES string of the molecule is COc1ccc(C(=O)N2CCOC(C(N)=S)C2)cc1O. The molecule has 108 valence electrons. The zero-order chi connectivity index (χ0) is 14.7. The van der Waals surface area contributed by atoms with Gasteiger partial charge >= 0.3 is 0 Å². The minimum atomic E-state index is -0.422. The summed E-state index contributed by atoms with van der Waals surface area (Å²) in [6, 6.07) is 4.53. The van der Waals surface area contributed by atoms with Gasteiger partial charge in [0.1, 0.15) is 11.1 Å². The number of hydrogen-bond acceptors (Lipinski definition) is 5. The summed E-state index contributed by atoms with van der Waals surface area (Å²) in [5.41, 5.74) is 5.92. The Labute approximate surface area is 122 Å². The van der Waals surface area contributed by atoms with Crippen LogP contribution >= 0.6 is 12.2 Å². The number of nitrogens with zero attached hydrogens (tertiary/aromatic N) is 1. The van der Waals surface area contributed by atoms with Crippen LogP contribution in [0.5, 0.6) is 11.5 Å². The maximum atomic E-state index is 12.4. The largest absolute Gasteiger partial charge is 0.504 e. The van der Waals surface area contributed by atoms with Crippen molar-refractivity contribution in [3.8, 4) is 11.5 Å². The fourth-order valence-corrected chi connectivity index (χ4v) is 2.15. The van der Waals surface area contributed by atoms with Crippen molar-refractivity contribution in [3.63, 3.8) is 0 Å². The number of thiocarbonyl (C=S) groups is 1. The first-order valence-corrected chi connectivity index (χ1v) is 6.51. The van der Waals surface area contributed by atoms with Gasteiger partial charge in [0.25, 0.3) is 5.91 Å². The Balaban J connectivity index is 2.14. The molecule has 0 saturated carbocycles. The summed E-state index contributed by atoms with van der Waals surface area (Å²) in [6.45, 7) is 1.17. The molecule has 2 rings (SSSR count). The summed E-state index contributed by atoms with van der Waals surface area (Å²) >= 11 is 4.88. The number of rotatable bonds is 3. The Kier molecular flexibility index (Phi) is 4.41. The number of benzene rings is 1. The molecule has 20 heavy (non-hydrogen) atoms. The van der Waals surface area contributed by atoms with E-state index < -0.39 is 6.10 Å². The second-order valence-electron chi connectivity index (χ2n) is 4.40. The van der Waals surface area contributed by atoms with Gasteiger partial charge in [-0.2, -0.15) is 0 Å². The molecule has 7 heteroatoms. The van der Waals surface area contributed by atoms with Crippen LogP contribution in [-0.2, 0) is 4.74 Å². The average Bonchev–Trinajstić information content (AvgIpc) is 2.46. The lowest BCUT2D eigenvalue weighted by Crippen LogP contribution is -2.49. The number of morpholine rings is 1. The number of amides is 1. The molecule has 1 atom stereocenters. The number of hydrogen-bond donors (Lipinski definition) is 2. The first-order chi connectivity index (χ1) is 9.52. The second-order valence-corrected chi connectivity index (χ2v) is 4.87. The predicted molar refractivity (Wildman–Crippen MR) is 77.1 cm³/mol. The highest BCUT2D eigenvalue weighted by atomic mass is 32.1. The monoisotopic (exact) mass is 296 g/mol. The van der Waals surface area contributed by atoms with Crippen molar-refractivity contribution in [2.45, 2.75) is 6.10 Å². The minimum absolute atomic E-state index is 0.0718. The van der Waals surface area contributed by atoms with Crippen molar-refractivity contribution >= 4 is 23.1 Å². The molecular formula is C13H16N2O4S. The highest BCUT2D eigenvalue weighted by Crippen LogP contribution is 2.27. The lowest BCUT2D eigenvalue weighted by atomic mass is 10.1. The first kappa shape index (κ1) is 14.5. The molecule has 1 amide bonds. The summed E-state index contributed by atoms with van der Waals surface area (Å²) in [7, 11) is 1.45. The second kappa shape index (κ2) is 6.06. The molecule has 1 aromatic carbocycles. The van der Waals surface area contributed by atoms with Crippen LogP contribution in [0.3, 0.4) is 0 Å². The van der Waals surface area contributed by atoms with Crippen LogP contribution in [-0.4, -0.2) is 53.8 Å². The molecule has 1 aliphatic rings. The standard InChI is InChI=1S/C13H16N2O4S/c1-18-10-3-2-8(6-9(10)16)13(17)15-4-5-19-11(7-15)12(14)20/h2-3,6,11,16H,4-5,7H2,1H3,(H2,14,20). The van der Waals surface area contributed by atoms with Gasteiger partial charge in [-0.1, -0.05) is 12.2 Å². The van der Waals surface area contributed by atoms with E-state index in [0.29, 0.717) is 31.0 Å². The number of carbonyl (C=O) groups excluding carboxylic acids is 1. The van der Waals surface area contributed by atoms with Crippen molar-refractivity contribution < 1.29 is 19.4 Å². The van der Waals surface area contributed by atoms with Gasteiger partial charge in [-0.3, -0.25) is 4.79 Å². The summed E-state index contributed by atoms with van der Waals surface area (Å²) in [5.74, 6) is 0.0505. The molecule has 0 aromatic heterocycles. The number of aromatic hydroxyl groups is 1. The molecule has 6 nitrogen and oxygen atoms in total. The Morgan fingerprint density at radius 3 is 2.95 bits per heavy atom. The van der Waals surface area contributed by atoms with E-state index in [0.717, 1.165) is 0 Å². The maximum Gasteiger partial charge on any atom is 0.254 e. The van der Waals surface area contributed by atoms with Crippen LogP contribution in [0.2, 0.25) is 0 Å². The van der Waals surface area contributed by atoms with E-state index in [1.54, 1.807) is 17.0 Å². The highest BCUT2D eigenvalue weighted by Gasteiger charge is 2.26. The van der Waals surface area contributed by atoms with Crippen LogP contribution in [0.25, 0.3) is 0 Å². The molecule has 1 unspecified atom stereocenters. The van der Waals surface area contributed by atoms with E-state index in [1.165, 1.54) is 13.2 Å². The van der Waals surface area contributed by atoms with E-state index in [9.17, 15) is 9.90 Å². The molecule has 0 spiro atoms. The van der Waals surface area contributed by atoms with E-state index in [-0.39, 0.29) is 16.6 Å². The summed E-state index contributed by atoms with van der Waals surface area (Å²) in [6.07, 6.45) is -0.422. The van der Waals surface area contributed by atoms with Crippen molar-refractivity contribution in [2.75, 3.05) is 26.8 Å². The van der Waals surface area contributed by atoms with Gasteiger partial charge in [-0.15, -0.1) is 0 Å². The van der Waals surface area contributed by atoms with Crippen LogP contribution < -0.4 is 10.5 Å². The molecule has 3 N–H and O–H groups in total. The molecule has 1 aliphatic heterocycles. The van der Waals surface area contributed by atoms with Gasteiger partial charge in [-0.05, 0) is 18.2 Å². The molecule has 1 aromatic rings. The topological polar surface area (TPSA) is 85.0 Å². The van der Waals surface area contributed by atoms with Crippen LogP contribution in [0.15, 0.2) is 18.2 Å². The first-order valence-electron chi connectivity index (χ1n) is 6.10. The molecule has 1 saturated heterocycles. The summed E-state index contributed by atoms with van der Waals surface area (Å²) < 4.78 is 10.3. The Bertz CT molecular complexity index is 535. The van der Waals surface area contributed by atoms with Crippen molar-refractivity contribution in [2.24, 2.45) is 5.73 Å². The lowest BCUT2D eigenvalue weighted by Gasteiger charge is -2.32. The normalized spacial score (nSPS) is 18.6. The van der Waals surface area contributed by atoms with Gasteiger partial charge in [0.15, 0.2) is 11.5 Å². The van der Waals surface area contributed by atoms with Gasteiger partial charge < -0.3 is 25.2 Å². The van der Waals surface area contributed by atoms with Gasteiger partial charge in [0, 0.05) is 12.1 Å². The zero-order valence-corrected chi connectivity index (χ0v) is 11.9. The van der Waals surface area contributed by atoms with Gasteiger partial charge in [0.05, 0.1) is 20.3 Å². The van der Waals surface area contributed by atoms with Crippen LogP contribution in [0.1, 0.15) is 10.4 Å². The van der Waals surface area contributed by atoms with Crippen molar-refractivity contribution in [1.82, 2.24) is 4.90 Å². The molecule has 0 aliphatic carbocycles.